The molecule has 0 fully saturated rings. The van der Waals surface area contributed by atoms with Gasteiger partial charge in [0.2, 0.25) is 0 Å². The molecule has 0 unspecified atom stereocenters. The normalized spacial score (nSPS) is 12.1. The van der Waals surface area contributed by atoms with Crippen LogP contribution >= 0.6 is 11.3 Å². The van der Waals surface area contributed by atoms with Crippen LogP contribution in [0, 0.1) is 0 Å². The molecular weight excluding hydrogens is 377 g/mol. The SMILES string of the molecule is CCNC(=NCc1ccc(OC)cc1C(F)(F)F)NCc1ncc(CC)s1. The van der Waals surface area contributed by atoms with E-state index in [9.17, 15) is 13.2 Å². The second-order valence-corrected chi connectivity index (χ2v) is 6.84. The summed E-state index contributed by atoms with van der Waals surface area (Å²) in [7, 11) is 1.34. The van der Waals surface area contributed by atoms with Crippen LogP contribution in [0.15, 0.2) is 29.4 Å². The quantitative estimate of drug-likeness (QED) is 0.545. The first kappa shape index (κ1) is 21.0. The number of nitrogens with one attached hydrogen (secondary N) is 2. The maximum atomic E-state index is 13.3. The number of aryl methyl sites for hydroxylation is 1. The van der Waals surface area contributed by atoms with E-state index in [0.717, 1.165) is 17.5 Å². The van der Waals surface area contributed by atoms with E-state index in [0.29, 0.717) is 19.0 Å². The number of guanidine groups is 1. The minimum atomic E-state index is -4.47. The van der Waals surface area contributed by atoms with Crippen molar-refractivity contribution in [3.8, 4) is 5.75 Å². The van der Waals surface area contributed by atoms with Crippen LogP contribution in [0.3, 0.4) is 0 Å². The zero-order chi connectivity index (χ0) is 19.9. The fourth-order valence-corrected chi connectivity index (χ4v) is 3.14. The molecular formula is C18H23F3N4OS. The van der Waals surface area contributed by atoms with E-state index < -0.39 is 11.7 Å². The van der Waals surface area contributed by atoms with Crippen LogP contribution in [0.4, 0.5) is 13.2 Å². The van der Waals surface area contributed by atoms with Gasteiger partial charge in [-0.3, -0.25) is 0 Å². The Hall–Kier alpha value is -2.29. The highest BCUT2D eigenvalue weighted by molar-refractivity contribution is 7.11. The van der Waals surface area contributed by atoms with Gasteiger partial charge in [0.25, 0.3) is 0 Å². The van der Waals surface area contributed by atoms with Crippen molar-refractivity contribution in [2.75, 3.05) is 13.7 Å². The Kier molecular flexibility index (Phi) is 7.46. The van der Waals surface area contributed by atoms with Crippen molar-refractivity contribution >= 4 is 17.3 Å². The van der Waals surface area contributed by atoms with Crippen molar-refractivity contribution in [1.82, 2.24) is 15.6 Å². The third kappa shape index (κ3) is 6.13. The van der Waals surface area contributed by atoms with Crippen LogP contribution in [-0.2, 0) is 25.7 Å². The molecule has 0 spiro atoms. The Balaban J connectivity index is 2.13. The van der Waals surface area contributed by atoms with E-state index in [1.807, 2.05) is 13.1 Å². The first-order chi connectivity index (χ1) is 12.9. The Bertz CT molecular complexity index is 774. The number of hydrogen-bond acceptors (Lipinski definition) is 4. The molecule has 0 saturated carbocycles. The van der Waals surface area contributed by atoms with Gasteiger partial charge in [0.15, 0.2) is 5.96 Å². The topological polar surface area (TPSA) is 58.5 Å². The summed E-state index contributed by atoms with van der Waals surface area (Å²) in [6.45, 7) is 4.91. The number of ether oxygens (including phenoxy) is 1. The van der Waals surface area contributed by atoms with Crippen LogP contribution in [0.1, 0.15) is 34.9 Å². The molecule has 1 aromatic heterocycles. The standard InChI is InChI=1S/C18H23F3N4OS/c1-4-14-10-23-16(27-14)11-25-17(22-5-2)24-9-12-6-7-13(26-3)8-15(12)18(19,20)21/h6-8,10H,4-5,9,11H2,1-3H3,(H2,22,24,25). The summed E-state index contributed by atoms with van der Waals surface area (Å²) >= 11 is 1.60. The summed E-state index contributed by atoms with van der Waals surface area (Å²) in [6, 6.07) is 3.89. The molecule has 0 amide bonds. The third-order valence-corrected chi connectivity index (χ3v) is 4.87. The van der Waals surface area contributed by atoms with Crippen LogP contribution in [0.5, 0.6) is 5.75 Å². The minimum Gasteiger partial charge on any atom is -0.497 e. The number of thiazole rings is 1. The lowest BCUT2D eigenvalue weighted by Gasteiger charge is -2.14. The van der Waals surface area contributed by atoms with E-state index in [-0.39, 0.29) is 17.9 Å². The average molecular weight is 400 g/mol. The number of aliphatic imine (C=N–C) groups is 1. The summed E-state index contributed by atoms with van der Waals surface area (Å²) in [5.41, 5.74) is -0.656. The number of hydrogen-bond donors (Lipinski definition) is 2. The van der Waals surface area contributed by atoms with Crippen molar-refractivity contribution in [1.29, 1.82) is 0 Å². The molecule has 1 heterocycles. The molecule has 1 aromatic carbocycles. The molecule has 0 aliphatic rings. The second kappa shape index (κ2) is 9.59. The van der Waals surface area contributed by atoms with Gasteiger partial charge >= 0.3 is 6.18 Å². The number of methoxy groups -OCH3 is 1. The Morgan fingerprint density at radius 2 is 2.04 bits per heavy atom. The summed E-state index contributed by atoms with van der Waals surface area (Å²) in [4.78, 5) is 9.78. The third-order valence-electron chi connectivity index (χ3n) is 3.73. The number of aromatic nitrogens is 1. The summed E-state index contributed by atoms with van der Waals surface area (Å²) < 4.78 is 44.8. The van der Waals surface area contributed by atoms with Gasteiger partial charge in [0.1, 0.15) is 10.8 Å². The summed E-state index contributed by atoms with van der Waals surface area (Å²) in [5.74, 6) is 0.602. The van der Waals surface area contributed by atoms with Crippen LogP contribution in [0.25, 0.3) is 0 Å². The van der Waals surface area contributed by atoms with E-state index in [1.165, 1.54) is 24.1 Å². The minimum absolute atomic E-state index is 0.0861. The molecule has 0 aliphatic carbocycles. The lowest BCUT2D eigenvalue weighted by atomic mass is 10.1. The molecule has 148 valence electrons. The lowest BCUT2D eigenvalue weighted by molar-refractivity contribution is -0.138. The van der Waals surface area contributed by atoms with E-state index >= 15 is 0 Å². The number of nitrogens with zero attached hydrogens (tertiary/aromatic N) is 2. The van der Waals surface area contributed by atoms with Crippen molar-refractivity contribution in [3.63, 3.8) is 0 Å². The summed E-state index contributed by atoms with van der Waals surface area (Å²) in [6.07, 6.45) is -1.72. The van der Waals surface area contributed by atoms with E-state index in [1.54, 1.807) is 11.3 Å². The summed E-state index contributed by atoms with van der Waals surface area (Å²) in [5, 5.41) is 7.04. The van der Waals surface area contributed by atoms with Crippen LogP contribution in [-0.4, -0.2) is 24.6 Å². The molecule has 2 aromatic rings. The predicted octanol–water partition coefficient (Wildman–Crippen LogP) is 3.99. The number of alkyl halides is 3. The molecule has 5 nitrogen and oxygen atoms in total. The first-order valence-corrected chi connectivity index (χ1v) is 9.38. The van der Waals surface area contributed by atoms with Gasteiger partial charge < -0.3 is 15.4 Å². The van der Waals surface area contributed by atoms with Crippen molar-refractivity contribution in [3.05, 3.63) is 45.4 Å². The van der Waals surface area contributed by atoms with Crippen molar-refractivity contribution < 1.29 is 17.9 Å². The molecule has 2 rings (SSSR count). The van der Waals surface area contributed by atoms with Crippen LogP contribution in [0.2, 0.25) is 0 Å². The smallest absolute Gasteiger partial charge is 0.416 e. The molecule has 0 saturated heterocycles. The van der Waals surface area contributed by atoms with E-state index in [2.05, 4.69) is 27.5 Å². The fourth-order valence-electron chi connectivity index (χ4n) is 2.34. The van der Waals surface area contributed by atoms with Crippen molar-refractivity contribution in [2.45, 2.75) is 39.5 Å². The molecule has 0 aliphatic heterocycles. The Morgan fingerprint density at radius 1 is 1.26 bits per heavy atom. The molecule has 9 heteroatoms. The van der Waals surface area contributed by atoms with Gasteiger partial charge in [0, 0.05) is 17.6 Å². The Labute approximate surface area is 160 Å². The maximum Gasteiger partial charge on any atom is 0.416 e. The van der Waals surface area contributed by atoms with Gasteiger partial charge in [-0.05, 0) is 31.0 Å². The number of benzene rings is 1. The monoisotopic (exact) mass is 400 g/mol. The largest absolute Gasteiger partial charge is 0.497 e. The zero-order valence-corrected chi connectivity index (χ0v) is 16.3. The van der Waals surface area contributed by atoms with Gasteiger partial charge in [-0.2, -0.15) is 13.2 Å². The molecule has 0 radical (unpaired) electrons. The maximum absolute atomic E-state index is 13.3. The first-order valence-electron chi connectivity index (χ1n) is 8.57. The lowest BCUT2D eigenvalue weighted by Crippen LogP contribution is -2.36. The van der Waals surface area contributed by atoms with E-state index in [4.69, 9.17) is 4.74 Å². The van der Waals surface area contributed by atoms with Gasteiger partial charge in [-0.1, -0.05) is 13.0 Å². The van der Waals surface area contributed by atoms with Gasteiger partial charge in [0.05, 0.1) is 25.8 Å². The Morgan fingerprint density at radius 3 is 2.63 bits per heavy atom. The molecule has 0 atom stereocenters. The van der Waals surface area contributed by atoms with Crippen LogP contribution < -0.4 is 15.4 Å². The molecule has 0 bridgehead atoms. The molecule has 2 N–H and O–H groups in total. The highest BCUT2D eigenvalue weighted by Crippen LogP contribution is 2.34. The zero-order valence-electron chi connectivity index (χ0n) is 15.5. The van der Waals surface area contributed by atoms with Crippen molar-refractivity contribution in [2.24, 2.45) is 4.99 Å². The number of halogens is 3. The second-order valence-electron chi connectivity index (χ2n) is 5.64. The number of rotatable bonds is 7. The average Bonchev–Trinajstić information content (AvgIpc) is 3.11. The highest BCUT2D eigenvalue weighted by atomic mass is 32.1. The fraction of sp³-hybridized carbons (Fsp3) is 0.444. The van der Waals surface area contributed by atoms with Gasteiger partial charge in [-0.25, -0.2) is 9.98 Å². The predicted molar refractivity (Wildman–Crippen MR) is 101 cm³/mol. The van der Waals surface area contributed by atoms with Gasteiger partial charge in [-0.15, -0.1) is 11.3 Å². The highest BCUT2D eigenvalue weighted by Gasteiger charge is 2.33. The molecule has 27 heavy (non-hydrogen) atoms.